The third-order valence-electron chi connectivity index (χ3n) is 4.43. The number of hydrogen-bond donors (Lipinski definition) is 1. The van der Waals surface area contributed by atoms with E-state index in [1.807, 2.05) is 11.5 Å². The largest absolute Gasteiger partial charge is 0.342 e. The Balaban J connectivity index is 1.73. The summed E-state index contributed by atoms with van der Waals surface area (Å²) < 4.78 is 1.88. The number of nitrogens with one attached hydrogen (secondary N) is 1. The Hall–Kier alpha value is -3.17. The molecule has 1 atom stereocenters. The fourth-order valence-electron chi connectivity index (χ4n) is 2.87. The molecule has 160 valence electrons. The average Bonchev–Trinajstić information content (AvgIpc) is 3.15. The van der Waals surface area contributed by atoms with Gasteiger partial charge >= 0.3 is 0 Å². The average molecular weight is 458 g/mol. The number of amides is 1. The maximum atomic E-state index is 12.6. The number of aromatic nitrogens is 3. The molecule has 3 rings (SSSR count). The molecule has 0 spiro atoms. The van der Waals surface area contributed by atoms with Crippen LogP contribution in [0.1, 0.15) is 34.7 Å². The second kappa shape index (κ2) is 10.2. The molecule has 0 radical (unpaired) electrons. The van der Waals surface area contributed by atoms with E-state index in [4.69, 9.17) is 11.6 Å². The van der Waals surface area contributed by atoms with Gasteiger partial charge in [0, 0.05) is 24.4 Å². The van der Waals surface area contributed by atoms with Crippen LogP contribution < -0.4 is 5.32 Å². The highest BCUT2D eigenvalue weighted by atomic mass is 35.5. The summed E-state index contributed by atoms with van der Waals surface area (Å²) in [7, 11) is 0. The van der Waals surface area contributed by atoms with Gasteiger partial charge in [0.05, 0.1) is 21.6 Å². The van der Waals surface area contributed by atoms with Crippen molar-refractivity contribution < 1.29 is 9.72 Å². The summed E-state index contributed by atoms with van der Waals surface area (Å²) >= 11 is 7.56. The number of thioether (sulfide) groups is 1. The molecular formula is C21H20ClN5O3S. The van der Waals surface area contributed by atoms with Crippen molar-refractivity contribution in [2.24, 2.45) is 0 Å². The lowest BCUT2D eigenvalue weighted by atomic mass is 10.2. The molecule has 0 saturated heterocycles. The first-order chi connectivity index (χ1) is 14.9. The molecule has 0 aliphatic heterocycles. The van der Waals surface area contributed by atoms with Gasteiger partial charge < -0.3 is 9.88 Å². The molecule has 0 fully saturated rings. The van der Waals surface area contributed by atoms with E-state index in [0.29, 0.717) is 33.9 Å². The molecule has 0 bridgehead atoms. The molecule has 31 heavy (non-hydrogen) atoms. The number of non-ortho nitro benzene ring substituents is 1. The van der Waals surface area contributed by atoms with Gasteiger partial charge in [0.15, 0.2) is 11.0 Å². The van der Waals surface area contributed by atoms with Crippen LogP contribution >= 0.6 is 23.4 Å². The van der Waals surface area contributed by atoms with E-state index in [1.54, 1.807) is 42.5 Å². The maximum absolute atomic E-state index is 12.6. The second-order valence-electron chi connectivity index (χ2n) is 6.63. The summed E-state index contributed by atoms with van der Waals surface area (Å²) in [6.45, 7) is 6.08. The summed E-state index contributed by atoms with van der Waals surface area (Å²) in [5.41, 5.74) is 1.36. The molecule has 0 unspecified atom stereocenters. The lowest BCUT2D eigenvalue weighted by molar-refractivity contribution is -0.384. The summed E-state index contributed by atoms with van der Waals surface area (Å²) in [6, 6.07) is 12.8. The topological polar surface area (TPSA) is 103 Å². The van der Waals surface area contributed by atoms with Gasteiger partial charge in [0.1, 0.15) is 0 Å². The first-order valence-electron chi connectivity index (χ1n) is 9.36. The zero-order valence-electron chi connectivity index (χ0n) is 16.7. The smallest absolute Gasteiger partial charge is 0.269 e. The SMILES string of the molecule is C=CCn1c(SCc2ccc([N+](=O)[O-])cc2)nnc1[C@@H](C)NC(=O)c1ccccc1Cl. The van der Waals surface area contributed by atoms with Crippen LogP contribution in [-0.4, -0.2) is 25.6 Å². The van der Waals surface area contributed by atoms with Crippen molar-refractivity contribution in [1.82, 2.24) is 20.1 Å². The molecule has 1 N–H and O–H groups in total. The molecule has 8 nitrogen and oxygen atoms in total. The van der Waals surface area contributed by atoms with Gasteiger partial charge in [-0.2, -0.15) is 0 Å². The third kappa shape index (κ3) is 5.50. The standard InChI is InChI=1S/C21H20ClN5O3S/c1-3-12-26-19(14(2)23-20(28)17-6-4-5-7-18(17)22)24-25-21(26)31-13-15-8-10-16(11-9-15)27(29)30/h3-11,14H,1,12-13H2,2H3,(H,23,28)/t14-/m1/s1. The number of rotatable bonds is 9. The van der Waals surface area contributed by atoms with Crippen LogP contribution in [-0.2, 0) is 12.3 Å². The molecule has 2 aromatic carbocycles. The van der Waals surface area contributed by atoms with Crippen LogP contribution in [0.3, 0.4) is 0 Å². The number of nitro benzene ring substituents is 1. The number of benzene rings is 2. The van der Waals surface area contributed by atoms with E-state index < -0.39 is 11.0 Å². The minimum absolute atomic E-state index is 0.0500. The highest BCUT2D eigenvalue weighted by molar-refractivity contribution is 7.98. The highest BCUT2D eigenvalue weighted by Crippen LogP contribution is 2.25. The van der Waals surface area contributed by atoms with Crippen molar-refractivity contribution >= 4 is 35.0 Å². The van der Waals surface area contributed by atoms with Crippen LogP contribution in [0.5, 0.6) is 0 Å². The first-order valence-corrected chi connectivity index (χ1v) is 10.7. The van der Waals surface area contributed by atoms with Gasteiger partial charge in [-0.25, -0.2) is 0 Å². The van der Waals surface area contributed by atoms with Gasteiger partial charge in [-0.05, 0) is 24.6 Å². The normalized spacial score (nSPS) is 11.7. The van der Waals surface area contributed by atoms with Crippen LogP contribution in [0.4, 0.5) is 5.69 Å². The van der Waals surface area contributed by atoms with Crippen molar-refractivity contribution in [3.05, 3.63) is 93.3 Å². The minimum Gasteiger partial charge on any atom is -0.342 e. The molecule has 0 saturated carbocycles. The van der Waals surface area contributed by atoms with Gasteiger partial charge in [-0.3, -0.25) is 14.9 Å². The number of nitrogens with zero attached hydrogens (tertiary/aromatic N) is 4. The number of halogens is 1. The monoisotopic (exact) mass is 457 g/mol. The summed E-state index contributed by atoms with van der Waals surface area (Å²) in [6.07, 6.45) is 1.73. The Labute approximate surface area is 188 Å². The van der Waals surface area contributed by atoms with E-state index in [9.17, 15) is 14.9 Å². The van der Waals surface area contributed by atoms with E-state index in [-0.39, 0.29) is 11.6 Å². The van der Waals surface area contributed by atoms with Crippen molar-refractivity contribution in [2.45, 2.75) is 30.4 Å². The predicted molar refractivity (Wildman–Crippen MR) is 120 cm³/mol. The Morgan fingerprint density at radius 1 is 1.29 bits per heavy atom. The fourth-order valence-corrected chi connectivity index (χ4v) is 4.01. The molecule has 1 heterocycles. The molecule has 0 aliphatic carbocycles. The number of carbonyl (C=O) groups is 1. The lowest BCUT2D eigenvalue weighted by Gasteiger charge is -2.15. The number of carbonyl (C=O) groups excluding carboxylic acids is 1. The van der Waals surface area contributed by atoms with E-state index >= 15 is 0 Å². The summed E-state index contributed by atoms with van der Waals surface area (Å²) in [5.74, 6) is 0.853. The van der Waals surface area contributed by atoms with Crippen molar-refractivity contribution in [2.75, 3.05) is 0 Å². The Kier molecular flexibility index (Phi) is 7.43. The quantitative estimate of drug-likeness (QED) is 0.214. The van der Waals surface area contributed by atoms with Crippen molar-refractivity contribution in [3.8, 4) is 0 Å². The number of nitro groups is 1. The second-order valence-corrected chi connectivity index (χ2v) is 7.98. The zero-order valence-corrected chi connectivity index (χ0v) is 18.3. The zero-order chi connectivity index (χ0) is 22.4. The van der Waals surface area contributed by atoms with E-state index in [1.165, 1.54) is 23.9 Å². The molecule has 1 aromatic heterocycles. The maximum Gasteiger partial charge on any atom is 0.269 e. The Morgan fingerprint density at radius 3 is 2.65 bits per heavy atom. The van der Waals surface area contributed by atoms with Crippen LogP contribution in [0.15, 0.2) is 66.3 Å². The van der Waals surface area contributed by atoms with Gasteiger partial charge in [-0.15, -0.1) is 16.8 Å². The lowest BCUT2D eigenvalue weighted by Crippen LogP contribution is -2.29. The Morgan fingerprint density at radius 2 is 2.00 bits per heavy atom. The fraction of sp³-hybridized carbons (Fsp3) is 0.190. The third-order valence-corrected chi connectivity index (χ3v) is 5.79. The number of hydrogen-bond acceptors (Lipinski definition) is 6. The molecule has 0 aliphatic rings. The van der Waals surface area contributed by atoms with Gasteiger partial charge in [-0.1, -0.05) is 53.7 Å². The van der Waals surface area contributed by atoms with Crippen molar-refractivity contribution in [1.29, 1.82) is 0 Å². The molecule has 3 aromatic rings. The molecule has 1 amide bonds. The Bertz CT molecular complexity index is 1100. The van der Waals surface area contributed by atoms with E-state index in [0.717, 1.165) is 5.56 Å². The summed E-state index contributed by atoms with van der Waals surface area (Å²) in [5, 5.41) is 23.2. The minimum atomic E-state index is -0.428. The van der Waals surface area contributed by atoms with Crippen molar-refractivity contribution in [3.63, 3.8) is 0 Å². The van der Waals surface area contributed by atoms with Crippen LogP contribution in [0.2, 0.25) is 5.02 Å². The molecular weight excluding hydrogens is 438 g/mol. The van der Waals surface area contributed by atoms with Gasteiger partial charge in [0.2, 0.25) is 0 Å². The number of allylic oxidation sites excluding steroid dienone is 1. The van der Waals surface area contributed by atoms with Gasteiger partial charge in [0.25, 0.3) is 11.6 Å². The molecule has 10 heteroatoms. The van der Waals surface area contributed by atoms with Crippen LogP contribution in [0.25, 0.3) is 0 Å². The van der Waals surface area contributed by atoms with Crippen LogP contribution in [0, 0.1) is 10.1 Å². The predicted octanol–water partition coefficient (Wildman–Crippen LogP) is 4.81. The van der Waals surface area contributed by atoms with E-state index in [2.05, 4.69) is 22.1 Å². The summed E-state index contributed by atoms with van der Waals surface area (Å²) in [4.78, 5) is 22.9. The first kappa shape index (κ1) is 22.5. The highest BCUT2D eigenvalue weighted by Gasteiger charge is 2.21.